The number of carbonyl (C=O) groups is 1. The maximum absolute atomic E-state index is 12.9. The second-order valence-electron chi connectivity index (χ2n) is 6.01. The van der Waals surface area contributed by atoms with Gasteiger partial charge in [-0.2, -0.15) is 0 Å². The van der Waals surface area contributed by atoms with Crippen molar-refractivity contribution in [1.29, 1.82) is 0 Å². The van der Waals surface area contributed by atoms with E-state index in [1.165, 1.54) is 22.6 Å². The highest BCUT2D eigenvalue weighted by molar-refractivity contribution is 6.42. The summed E-state index contributed by atoms with van der Waals surface area (Å²) in [5.74, 6) is -0.815. The van der Waals surface area contributed by atoms with Gasteiger partial charge in [0.2, 0.25) is 5.43 Å². The van der Waals surface area contributed by atoms with Crippen LogP contribution in [0.3, 0.4) is 0 Å². The third-order valence-electron chi connectivity index (χ3n) is 4.23. The Morgan fingerprint density at radius 3 is 2.59 bits per heavy atom. The zero-order valence-corrected chi connectivity index (χ0v) is 16.1. The molecule has 9 heteroatoms. The minimum atomic E-state index is -0.668. The van der Waals surface area contributed by atoms with Crippen molar-refractivity contribution >= 4 is 29.1 Å². The molecule has 2 aromatic rings. The predicted molar refractivity (Wildman–Crippen MR) is 101 cm³/mol. The lowest BCUT2D eigenvalue weighted by atomic mass is 10.1. The molecular weight excluding hydrogens is 395 g/mol. The van der Waals surface area contributed by atoms with Gasteiger partial charge < -0.3 is 24.0 Å². The molecule has 0 saturated heterocycles. The molecule has 0 spiro atoms. The third kappa shape index (κ3) is 4.05. The van der Waals surface area contributed by atoms with Gasteiger partial charge in [0.1, 0.15) is 6.61 Å². The summed E-state index contributed by atoms with van der Waals surface area (Å²) in [6.07, 6.45) is 0. The van der Waals surface area contributed by atoms with Gasteiger partial charge in [0.05, 0.1) is 16.7 Å². The van der Waals surface area contributed by atoms with E-state index >= 15 is 0 Å². The largest absolute Gasteiger partial charge is 0.503 e. The van der Waals surface area contributed by atoms with Gasteiger partial charge in [-0.25, -0.2) is 0 Å². The smallest absolute Gasteiger partial charge is 0.274 e. The summed E-state index contributed by atoms with van der Waals surface area (Å²) < 4.78 is 12.0. The van der Waals surface area contributed by atoms with Gasteiger partial charge in [-0.1, -0.05) is 29.3 Å². The molecule has 2 heterocycles. The number of benzene rings is 1. The van der Waals surface area contributed by atoms with Crippen LogP contribution in [0.1, 0.15) is 16.1 Å². The maximum atomic E-state index is 12.9. The van der Waals surface area contributed by atoms with Crippen LogP contribution in [-0.4, -0.2) is 47.3 Å². The topological polar surface area (TPSA) is 81.0 Å². The number of rotatable bonds is 6. The first-order valence-electron chi connectivity index (χ1n) is 8.24. The monoisotopic (exact) mass is 412 g/mol. The highest BCUT2D eigenvalue weighted by Gasteiger charge is 2.30. The maximum Gasteiger partial charge on any atom is 0.274 e. The van der Waals surface area contributed by atoms with E-state index < -0.39 is 17.1 Å². The van der Waals surface area contributed by atoms with Crippen LogP contribution in [0.15, 0.2) is 29.1 Å². The number of methoxy groups -OCH3 is 1. The van der Waals surface area contributed by atoms with E-state index in [9.17, 15) is 14.7 Å². The fourth-order valence-corrected chi connectivity index (χ4v) is 3.20. The van der Waals surface area contributed by atoms with Crippen LogP contribution in [0.2, 0.25) is 10.0 Å². The number of aromatic hydroxyl groups is 1. The fraction of sp³-hybridized carbons (Fsp3) is 0.333. The van der Waals surface area contributed by atoms with Crippen molar-refractivity contribution < 1.29 is 19.4 Å². The molecule has 0 fully saturated rings. The van der Waals surface area contributed by atoms with Gasteiger partial charge in [-0.05, 0) is 17.7 Å². The van der Waals surface area contributed by atoms with Gasteiger partial charge in [0.15, 0.2) is 17.3 Å². The van der Waals surface area contributed by atoms with Crippen LogP contribution >= 0.6 is 23.2 Å². The van der Waals surface area contributed by atoms with Crippen molar-refractivity contribution in [3.8, 4) is 11.6 Å². The minimum absolute atomic E-state index is 0.0822. The van der Waals surface area contributed by atoms with Gasteiger partial charge in [0, 0.05) is 32.8 Å². The first kappa shape index (κ1) is 19.5. The molecule has 0 saturated carbocycles. The summed E-state index contributed by atoms with van der Waals surface area (Å²) in [7, 11) is 1.53. The molecule has 0 atom stereocenters. The molecule has 1 aromatic carbocycles. The van der Waals surface area contributed by atoms with Crippen molar-refractivity contribution in [2.75, 3.05) is 26.9 Å². The second kappa shape index (κ2) is 8.21. The number of hydrogen-bond acceptors (Lipinski definition) is 5. The summed E-state index contributed by atoms with van der Waals surface area (Å²) in [6, 6.07) is 6.29. The molecule has 1 aromatic heterocycles. The zero-order valence-electron chi connectivity index (χ0n) is 14.6. The number of fused-ring (bicyclic) bond motifs is 1. The summed E-state index contributed by atoms with van der Waals surface area (Å²) in [5.41, 5.74) is 0.0418. The molecule has 0 radical (unpaired) electrons. The van der Waals surface area contributed by atoms with Gasteiger partial charge in [-0.3, -0.25) is 9.59 Å². The van der Waals surface area contributed by atoms with E-state index in [4.69, 9.17) is 32.7 Å². The number of pyridine rings is 1. The van der Waals surface area contributed by atoms with E-state index in [-0.39, 0.29) is 24.7 Å². The standard InChI is InChI=1S/C18H18Cl2N2O5/c1-26-6-7-27-15-9-14(23)17(24)16-18(25)21(4-5-22(15)16)10-11-2-3-12(19)13(20)8-11/h2-3,8-9,24H,4-7,10H2,1H3. The Morgan fingerprint density at radius 2 is 1.89 bits per heavy atom. The molecule has 7 nitrogen and oxygen atoms in total. The average Bonchev–Trinajstić information content (AvgIpc) is 2.64. The number of nitrogens with zero attached hydrogens (tertiary/aromatic N) is 2. The van der Waals surface area contributed by atoms with Crippen molar-refractivity contribution in [3.63, 3.8) is 0 Å². The molecule has 27 heavy (non-hydrogen) atoms. The minimum Gasteiger partial charge on any atom is -0.503 e. The predicted octanol–water partition coefficient (Wildman–Crippen LogP) is 2.54. The number of halogens is 2. The Bertz CT molecular complexity index is 929. The first-order valence-corrected chi connectivity index (χ1v) is 8.99. The Morgan fingerprint density at radius 1 is 1.11 bits per heavy atom. The highest BCUT2D eigenvalue weighted by atomic mass is 35.5. The molecule has 0 unspecified atom stereocenters. The Balaban J connectivity index is 1.89. The molecule has 1 aliphatic heterocycles. The molecule has 3 rings (SSSR count). The summed E-state index contributed by atoms with van der Waals surface area (Å²) >= 11 is 11.9. The summed E-state index contributed by atoms with van der Waals surface area (Å²) in [6.45, 7) is 1.59. The van der Waals surface area contributed by atoms with Gasteiger partial charge >= 0.3 is 0 Å². The lowest BCUT2D eigenvalue weighted by molar-refractivity contribution is 0.0670. The summed E-state index contributed by atoms with van der Waals surface area (Å²) in [4.78, 5) is 26.5. The number of hydrogen-bond donors (Lipinski definition) is 1. The van der Waals surface area contributed by atoms with Gasteiger partial charge in [0.25, 0.3) is 5.91 Å². The van der Waals surface area contributed by atoms with Gasteiger partial charge in [-0.15, -0.1) is 0 Å². The summed E-state index contributed by atoms with van der Waals surface area (Å²) in [5, 5.41) is 11.0. The average molecular weight is 413 g/mol. The third-order valence-corrected chi connectivity index (χ3v) is 4.97. The van der Waals surface area contributed by atoms with Crippen molar-refractivity contribution in [2.45, 2.75) is 13.1 Å². The SMILES string of the molecule is COCCOc1cc(=O)c(O)c2n1CCN(Cc1ccc(Cl)c(Cl)c1)C2=O. The van der Waals surface area contributed by atoms with Crippen molar-refractivity contribution in [2.24, 2.45) is 0 Å². The molecule has 1 N–H and O–H groups in total. The molecule has 0 bridgehead atoms. The molecule has 0 aliphatic carbocycles. The Labute approximate surface area is 165 Å². The van der Waals surface area contributed by atoms with Crippen LogP contribution < -0.4 is 10.2 Å². The Hall–Kier alpha value is -2.22. The number of aromatic nitrogens is 1. The van der Waals surface area contributed by atoms with E-state index in [1.807, 2.05) is 0 Å². The highest BCUT2D eigenvalue weighted by Crippen LogP contribution is 2.27. The second-order valence-corrected chi connectivity index (χ2v) is 6.83. The van der Waals surface area contributed by atoms with Crippen molar-refractivity contribution in [1.82, 2.24) is 9.47 Å². The van der Waals surface area contributed by atoms with Crippen LogP contribution in [0.4, 0.5) is 0 Å². The lowest BCUT2D eigenvalue weighted by Crippen LogP contribution is -2.41. The Kier molecular flexibility index (Phi) is 5.94. The van der Waals surface area contributed by atoms with E-state index in [0.29, 0.717) is 29.7 Å². The zero-order chi connectivity index (χ0) is 19.6. The van der Waals surface area contributed by atoms with Crippen LogP contribution in [0.25, 0.3) is 0 Å². The van der Waals surface area contributed by atoms with Crippen LogP contribution in [0, 0.1) is 0 Å². The van der Waals surface area contributed by atoms with Crippen LogP contribution in [0.5, 0.6) is 11.6 Å². The van der Waals surface area contributed by atoms with Crippen LogP contribution in [-0.2, 0) is 17.8 Å². The fourth-order valence-electron chi connectivity index (χ4n) is 2.88. The molecule has 1 amide bonds. The lowest BCUT2D eigenvalue weighted by Gasteiger charge is -2.31. The first-order chi connectivity index (χ1) is 12.9. The van der Waals surface area contributed by atoms with E-state index in [0.717, 1.165) is 5.56 Å². The number of carbonyl (C=O) groups excluding carboxylic acids is 1. The quantitative estimate of drug-likeness (QED) is 0.737. The molecular formula is C18H18Cl2N2O5. The molecule has 144 valence electrons. The number of ether oxygens (including phenoxy) is 2. The van der Waals surface area contributed by atoms with Crippen molar-refractivity contribution in [3.05, 3.63) is 55.8 Å². The van der Waals surface area contributed by atoms with E-state index in [1.54, 1.807) is 18.2 Å². The number of amides is 1. The van der Waals surface area contributed by atoms with E-state index in [2.05, 4.69) is 0 Å². The molecule has 1 aliphatic rings. The normalized spacial score (nSPS) is 13.6.